The van der Waals surface area contributed by atoms with Crippen molar-refractivity contribution in [3.8, 4) is 11.3 Å². The van der Waals surface area contributed by atoms with E-state index in [0.29, 0.717) is 23.7 Å². The molecule has 0 N–H and O–H groups in total. The topological polar surface area (TPSA) is 63.4 Å². The van der Waals surface area contributed by atoms with Gasteiger partial charge in [0, 0.05) is 24.7 Å². The van der Waals surface area contributed by atoms with Crippen LogP contribution < -0.4 is 0 Å². The average Bonchev–Trinajstić information content (AvgIpc) is 2.77. The Morgan fingerprint density at radius 2 is 1.68 bits per heavy atom. The predicted molar refractivity (Wildman–Crippen MR) is 83.9 cm³/mol. The molecule has 0 saturated carbocycles. The standard InChI is InChI=1S/C16H20N2O3S/c1-13-12-16(21-17-13)14-6-8-15(9-7-14)22(19,20)18-10-4-2-3-5-11-18/h6-9,12H,2-5,10-11H2,1H3. The third-order valence-electron chi connectivity index (χ3n) is 3.97. The molecule has 0 unspecified atom stereocenters. The quantitative estimate of drug-likeness (QED) is 0.871. The number of rotatable bonds is 3. The second-order valence-corrected chi connectivity index (χ2v) is 7.61. The van der Waals surface area contributed by atoms with Crippen LogP contribution in [-0.4, -0.2) is 31.0 Å². The van der Waals surface area contributed by atoms with Crippen molar-refractivity contribution in [3.63, 3.8) is 0 Å². The van der Waals surface area contributed by atoms with Crippen LogP contribution in [0.1, 0.15) is 31.4 Å². The first-order valence-electron chi connectivity index (χ1n) is 7.61. The normalized spacial score (nSPS) is 17.3. The summed E-state index contributed by atoms with van der Waals surface area (Å²) in [7, 11) is -3.39. The lowest BCUT2D eigenvalue weighted by molar-refractivity contribution is 0.423. The van der Waals surface area contributed by atoms with Gasteiger partial charge in [0.25, 0.3) is 0 Å². The van der Waals surface area contributed by atoms with E-state index in [1.54, 1.807) is 28.6 Å². The van der Waals surface area contributed by atoms with Gasteiger partial charge in [-0.3, -0.25) is 0 Å². The Kier molecular flexibility index (Phi) is 4.31. The molecule has 0 bridgehead atoms. The summed E-state index contributed by atoms with van der Waals surface area (Å²) >= 11 is 0. The van der Waals surface area contributed by atoms with Crippen LogP contribution in [0.25, 0.3) is 11.3 Å². The van der Waals surface area contributed by atoms with Crippen molar-refractivity contribution in [2.45, 2.75) is 37.5 Å². The first-order chi connectivity index (χ1) is 10.6. The first kappa shape index (κ1) is 15.2. The van der Waals surface area contributed by atoms with Crippen LogP contribution in [0.4, 0.5) is 0 Å². The van der Waals surface area contributed by atoms with Gasteiger partial charge in [-0.15, -0.1) is 0 Å². The lowest BCUT2D eigenvalue weighted by atomic mass is 10.2. The monoisotopic (exact) mass is 320 g/mol. The van der Waals surface area contributed by atoms with Crippen LogP contribution in [0.2, 0.25) is 0 Å². The average molecular weight is 320 g/mol. The molecule has 1 saturated heterocycles. The highest BCUT2D eigenvalue weighted by Crippen LogP contribution is 2.24. The summed E-state index contributed by atoms with van der Waals surface area (Å²) in [6.07, 6.45) is 4.09. The molecule has 2 aromatic rings. The van der Waals surface area contributed by atoms with Gasteiger partial charge < -0.3 is 4.52 Å². The van der Waals surface area contributed by atoms with Crippen molar-refractivity contribution in [2.75, 3.05) is 13.1 Å². The zero-order chi connectivity index (χ0) is 15.6. The Morgan fingerprint density at radius 3 is 2.23 bits per heavy atom. The van der Waals surface area contributed by atoms with Crippen LogP contribution in [0, 0.1) is 6.92 Å². The summed E-state index contributed by atoms with van der Waals surface area (Å²) in [5, 5.41) is 3.85. The Morgan fingerprint density at radius 1 is 1.05 bits per heavy atom. The molecule has 1 aromatic heterocycles. The Labute approximate surface area is 131 Å². The minimum atomic E-state index is -3.39. The van der Waals surface area contributed by atoms with Gasteiger partial charge in [0.2, 0.25) is 10.0 Å². The highest BCUT2D eigenvalue weighted by atomic mass is 32.2. The molecule has 1 aromatic carbocycles. The number of benzene rings is 1. The van der Waals surface area contributed by atoms with Gasteiger partial charge in [-0.2, -0.15) is 4.31 Å². The van der Waals surface area contributed by atoms with Crippen molar-refractivity contribution in [3.05, 3.63) is 36.0 Å². The van der Waals surface area contributed by atoms with Crippen molar-refractivity contribution < 1.29 is 12.9 Å². The Bertz CT molecular complexity index is 727. The molecule has 1 fully saturated rings. The van der Waals surface area contributed by atoms with E-state index in [9.17, 15) is 8.42 Å². The molecule has 0 spiro atoms. The molecule has 118 valence electrons. The molecule has 0 atom stereocenters. The van der Waals surface area contributed by atoms with Crippen molar-refractivity contribution in [1.29, 1.82) is 0 Å². The highest BCUT2D eigenvalue weighted by Gasteiger charge is 2.25. The zero-order valence-electron chi connectivity index (χ0n) is 12.7. The van der Waals surface area contributed by atoms with Crippen LogP contribution >= 0.6 is 0 Å². The molecule has 0 aliphatic carbocycles. The maximum absolute atomic E-state index is 12.7. The maximum atomic E-state index is 12.7. The lowest BCUT2D eigenvalue weighted by Gasteiger charge is -2.19. The number of aryl methyl sites for hydroxylation is 1. The predicted octanol–water partition coefficient (Wildman–Crippen LogP) is 3.21. The fourth-order valence-corrected chi connectivity index (χ4v) is 4.24. The minimum Gasteiger partial charge on any atom is -0.356 e. The third kappa shape index (κ3) is 3.08. The van der Waals surface area contributed by atoms with Crippen LogP contribution in [0.3, 0.4) is 0 Å². The number of hydrogen-bond donors (Lipinski definition) is 0. The fourth-order valence-electron chi connectivity index (χ4n) is 2.72. The summed E-state index contributed by atoms with van der Waals surface area (Å²) in [4.78, 5) is 0.342. The SMILES string of the molecule is Cc1cc(-c2ccc(S(=O)(=O)N3CCCCCC3)cc2)on1. The molecular weight excluding hydrogens is 300 g/mol. The summed E-state index contributed by atoms with van der Waals surface area (Å²) in [5.74, 6) is 0.649. The lowest BCUT2D eigenvalue weighted by Crippen LogP contribution is -2.31. The third-order valence-corrected chi connectivity index (χ3v) is 5.88. The smallest absolute Gasteiger partial charge is 0.243 e. The van der Waals surface area contributed by atoms with Crippen LogP contribution in [0.5, 0.6) is 0 Å². The number of hydrogen-bond acceptors (Lipinski definition) is 4. The summed E-state index contributed by atoms with van der Waals surface area (Å²) in [6.45, 7) is 3.09. The summed E-state index contributed by atoms with van der Waals surface area (Å²) in [6, 6.07) is 8.66. The molecule has 1 aliphatic heterocycles. The second kappa shape index (κ2) is 6.22. The van der Waals surface area contributed by atoms with E-state index in [1.165, 1.54) is 0 Å². The van der Waals surface area contributed by atoms with Crippen molar-refractivity contribution >= 4 is 10.0 Å². The van der Waals surface area contributed by atoms with Gasteiger partial charge in [0.05, 0.1) is 10.6 Å². The number of aromatic nitrogens is 1. The molecule has 6 heteroatoms. The van der Waals surface area contributed by atoms with E-state index in [4.69, 9.17) is 4.52 Å². The molecule has 1 aliphatic rings. The molecule has 5 nitrogen and oxygen atoms in total. The van der Waals surface area contributed by atoms with Crippen LogP contribution in [-0.2, 0) is 10.0 Å². The largest absolute Gasteiger partial charge is 0.356 e. The fraction of sp³-hybridized carbons (Fsp3) is 0.438. The molecule has 22 heavy (non-hydrogen) atoms. The van der Waals surface area contributed by atoms with E-state index in [0.717, 1.165) is 36.9 Å². The van der Waals surface area contributed by atoms with Gasteiger partial charge in [-0.25, -0.2) is 8.42 Å². The first-order valence-corrected chi connectivity index (χ1v) is 9.05. The summed E-state index contributed by atoms with van der Waals surface area (Å²) < 4.78 is 32.2. The minimum absolute atomic E-state index is 0.342. The molecular formula is C16H20N2O3S. The van der Waals surface area contributed by atoms with Crippen molar-refractivity contribution in [2.24, 2.45) is 0 Å². The van der Waals surface area contributed by atoms with Gasteiger partial charge >= 0.3 is 0 Å². The second-order valence-electron chi connectivity index (χ2n) is 5.68. The van der Waals surface area contributed by atoms with Gasteiger partial charge in [-0.1, -0.05) is 18.0 Å². The van der Waals surface area contributed by atoms with Crippen LogP contribution in [0.15, 0.2) is 39.8 Å². The summed E-state index contributed by atoms with van der Waals surface area (Å²) in [5.41, 5.74) is 1.63. The van der Waals surface area contributed by atoms with E-state index in [-0.39, 0.29) is 0 Å². The number of nitrogens with zero attached hydrogens (tertiary/aromatic N) is 2. The molecule has 2 heterocycles. The van der Waals surface area contributed by atoms with Crippen molar-refractivity contribution in [1.82, 2.24) is 9.46 Å². The molecule has 0 amide bonds. The maximum Gasteiger partial charge on any atom is 0.243 e. The molecule has 3 rings (SSSR count). The van der Waals surface area contributed by atoms with E-state index in [1.807, 2.05) is 13.0 Å². The molecule has 0 radical (unpaired) electrons. The highest BCUT2D eigenvalue weighted by molar-refractivity contribution is 7.89. The Hall–Kier alpha value is -1.66. The Balaban J connectivity index is 1.85. The zero-order valence-corrected chi connectivity index (χ0v) is 13.5. The van der Waals surface area contributed by atoms with Gasteiger partial charge in [-0.05, 0) is 44.0 Å². The van der Waals surface area contributed by atoms with E-state index in [2.05, 4.69) is 5.16 Å². The van der Waals surface area contributed by atoms with Gasteiger partial charge in [0.1, 0.15) is 0 Å². The van der Waals surface area contributed by atoms with E-state index < -0.39 is 10.0 Å². The van der Waals surface area contributed by atoms with E-state index >= 15 is 0 Å². The van der Waals surface area contributed by atoms with Gasteiger partial charge in [0.15, 0.2) is 5.76 Å². The number of sulfonamides is 1.